The van der Waals surface area contributed by atoms with Crippen LogP contribution in [0.15, 0.2) is 36.4 Å². The second kappa shape index (κ2) is 9.03. The van der Waals surface area contributed by atoms with Crippen molar-refractivity contribution in [3.8, 4) is 6.07 Å². The molecule has 1 aliphatic rings. The molecule has 30 heavy (non-hydrogen) atoms. The number of nitrogens with zero attached hydrogens (tertiary/aromatic N) is 4. The average Bonchev–Trinajstić information content (AvgIpc) is 3.16. The Morgan fingerprint density at radius 3 is 2.60 bits per heavy atom. The zero-order valence-corrected chi connectivity index (χ0v) is 18.8. The predicted molar refractivity (Wildman–Crippen MR) is 126 cm³/mol. The number of hydrogen-bond acceptors (Lipinski definition) is 6. The molecule has 3 aromatic rings. The Morgan fingerprint density at radius 2 is 1.93 bits per heavy atom. The van der Waals surface area contributed by atoms with Gasteiger partial charge in [0.05, 0.1) is 28.0 Å². The van der Waals surface area contributed by atoms with Crippen molar-refractivity contribution in [3.05, 3.63) is 52.5 Å². The van der Waals surface area contributed by atoms with Crippen molar-refractivity contribution < 1.29 is 0 Å². The van der Waals surface area contributed by atoms with Gasteiger partial charge < -0.3 is 10.2 Å². The Kier molecular flexibility index (Phi) is 6.21. The third-order valence-corrected chi connectivity index (χ3v) is 6.67. The molecule has 6 heteroatoms. The Bertz CT molecular complexity index is 1020. The van der Waals surface area contributed by atoms with E-state index >= 15 is 0 Å². The zero-order valence-electron chi connectivity index (χ0n) is 18.0. The molecule has 1 saturated heterocycles. The van der Waals surface area contributed by atoms with Gasteiger partial charge in [-0.3, -0.25) is 4.90 Å². The van der Waals surface area contributed by atoms with E-state index in [4.69, 9.17) is 4.98 Å². The summed E-state index contributed by atoms with van der Waals surface area (Å²) >= 11 is 1.79. The quantitative estimate of drug-likeness (QED) is 0.626. The fourth-order valence-corrected chi connectivity index (χ4v) is 5.16. The highest BCUT2D eigenvalue weighted by molar-refractivity contribution is 7.18. The van der Waals surface area contributed by atoms with E-state index in [1.54, 1.807) is 11.3 Å². The second-order valence-electron chi connectivity index (χ2n) is 8.32. The van der Waals surface area contributed by atoms with Crippen molar-refractivity contribution in [1.82, 2.24) is 9.88 Å². The van der Waals surface area contributed by atoms with E-state index < -0.39 is 0 Å². The normalized spacial score (nSPS) is 15.0. The van der Waals surface area contributed by atoms with E-state index in [2.05, 4.69) is 59.3 Å². The highest BCUT2D eigenvalue weighted by Crippen LogP contribution is 2.31. The summed E-state index contributed by atoms with van der Waals surface area (Å²) in [6.45, 7) is 9.19. The Morgan fingerprint density at radius 1 is 1.17 bits per heavy atom. The molecule has 0 bridgehead atoms. The van der Waals surface area contributed by atoms with Gasteiger partial charge in [0.2, 0.25) is 0 Å². The highest BCUT2D eigenvalue weighted by atomic mass is 32.1. The van der Waals surface area contributed by atoms with Gasteiger partial charge in [0.25, 0.3) is 0 Å². The van der Waals surface area contributed by atoms with Crippen LogP contribution in [-0.4, -0.2) is 43.1 Å². The molecular formula is C24H29N5S. The van der Waals surface area contributed by atoms with Crippen LogP contribution in [-0.2, 0) is 13.0 Å². The third-order valence-electron chi connectivity index (χ3n) is 5.65. The molecule has 4 rings (SSSR count). The first kappa shape index (κ1) is 20.6. The molecule has 1 aliphatic heterocycles. The minimum absolute atomic E-state index is 0.573. The maximum absolute atomic E-state index is 9.74. The van der Waals surface area contributed by atoms with Crippen LogP contribution in [0.4, 0.5) is 11.4 Å². The molecule has 0 saturated carbocycles. The number of para-hydroxylation sites is 1. The van der Waals surface area contributed by atoms with Gasteiger partial charge in [-0.15, -0.1) is 11.3 Å². The molecule has 5 nitrogen and oxygen atoms in total. The number of aromatic nitrogens is 1. The number of anilines is 2. The highest BCUT2D eigenvalue weighted by Gasteiger charge is 2.22. The van der Waals surface area contributed by atoms with Gasteiger partial charge in [0.1, 0.15) is 11.1 Å². The molecule has 0 radical (unpaired) electrons. The minimum atomic E-state index is 0.573. The van der Waals surface area contributed by atoms with Gasteiger partial charge >= 0.3 is 0 Å². The van der Waals surface area contributed by atoms with Crippen LogP contribution in [0, 0.1) is 17.2 Å². The van der Waals surface area contributed by atoms with E-state index in [0.29, 0.717) is 5.92 Å². The number of thiazole rings is 1. The topological polar surface area (TPSA) is 55.2 Å². The lowest BCUT2D eigenvalue weighted by molar-refractivity contribution is 0.249. The summed E-state index contributed by atoms with van der Waals surface area (Å²) in [4.78, 5) is 9.62. The lowest BCUT2D eigenvalue weighted by Gasteiger charge is -2.36. The van der Waals surface area contributed by atoms with Crippen molar-refractivity contribution in [2.75, 3.05) is 43.4 Å². The number of hydrogen-bond donors (Lipinski definition) is 1. The summed E-state index contributed by atoms with van der Waals surface area (Å²) in [7, 11) is 1.93. The number of benzene rings is 2. The minimum Gasteiger partial charge on any atom is -0.388 e. The SMILES string of the molecule is CNc1cc(C#N)c(N2CCN(Cc3nc4ccccc4s3)CC2)cc1CC(C)C. The fourth-order valence-electron chi connectivity index (χ4n) is 4.15. The van der Waals surface area contributed by atoms with E-state index in [1.807, 2.05) is 19.2 Å². The number of nitriles is 1. The molecule has 0 atom stereocenters. The van der Waals surface area contributed by atoms with Crippen LogP contribution in [0.1, 0.15) is 30.0 Å². The third kappa shape index (κ3) is 4.43. The standard InChI is InChI=1S/C24H29N5S/c1-17(2)12-18-14-22(19(15-25)13-21(18)26-3)29-10-8-28(9-11-29)16-24-27-20-6-4-5-7-23(20)30-24/h4-7,13-14,17,26H,8-12,16H2,1-3H3. The molecule has 0 amide bonds. The summed E-state index contributed by atoms with van der Waals surface area (Å²) < 4.78 is 1.26. The van der Waals surface area contributed by atoms with Gasteiger partial charge in [0.15, 0.2) is 0 Å². The predicted octanol–water partition coefficient (Wildman–Crippen LogP) is 4.73. The first-order valence-electron chi connectivity index (χ1n) is 10.6. The first-order valence-corrected chi connectivity index (χ1v) is 11.5. The van der Waals surface area contributed by atoms with Crippen molar-refractivity contribution in [3.63, 3.8) is 0 Å². The van der Waals surface area contributed by atoms with Crippen molar-refractivity contribution >= 4 is 32.9 Å². The lowest BCUT2D eigenvalue weighted by Crippen LogP contribution is -2.46. The molecule has 2 heterocycles. The van der Waals surface area contributed by atoms with Crippen molar-refractivity contribution in [1.29, 1.82) is 5.26 Å². The maximum Gasteiger partial charge on any atom is 0.108 e. The van der Waals surface area contributed by atoms with E-state index in [-0.39, 0.29) is 0 Å². The van der Waals surface area contributed by atoms with E-state index in [1.165, 1.54) is 15.3 Å². The molecule has 2 aromatic carbocycles. The molecule has 1 aromatic heterocycles. The largest absolute Gasteiger partial charge is 0.388 e. The first-order chi connectivity index (χ1) is 14.6. The summed E-state index contributed by atoms with van der Waals surface area (Å²) in [5.74, 6) is 0.573. The molecule has 156 valence electrons. The molecule has 0 aliphatic carbocycles. The van der Waals surface area contributed by atoms with Crippen LogP contribution in [0.2, 0.25) is 0 Å². The van der Waals surface area contributed by atoms with Crippen molar-refractivity contribution in [2.45, 2.75) is 26.8 Å². The summed E-state index contributed by atoms with van der Waals surface area (Å²) in [6, 6.07) is 15.0. The molecule has 0 spiro atoms. The molecule has 0 unspecified atom stereocenters. The van der Waals surface area contributed by atoms with E-state index in [0.717, 1.165) is 61.6 Å². The smallest absolute Gasteiger partial charge is 0.108 e. The number of rotatable bonds is 6. The van der Waals surface area contributed by atoms with Crippen LogP contribution in [0.3, 0.4) is 0 Å². The van der Waals surface area contributed by atoms with Crippen LogP contribution in [0.25, 0.3) is 10.2 Å². The lowest BCUT2D eigenvalue weighted by atomic mass is 9.97. The Hall–Kier alpha value is -2.62. The fraction of sp³-hybridized carbons (Fsp3) is 0.417. The van der Waals surface area contributed by atoms with Gasteiger partial charge in [-0.2, -0.15) is 5.26 Å². The number of fused-ring (bicyclic) bond motifs is 1. The van der Waals surface area contributed by atoms with Gasteiger partial charge in [-0.1, -0.05) is 26.0 Å². The van der Waals surface area contributed by atoms with Crippen molar-refractivity contribution in [2.24, 2.45) is 5.92 Å². The average molecular weight is 420 g/mol. The van der Waals surface area contributed by atoms with E-state index in [9.17, 15) is 5.26 Å². The molecule has 1 fully saturated rings. The summed E-state index contributed by atoms with van der Waals surface area (Å²) in [5, 5.41) is 14.2. The monoisotopic (exact) mass is 419 g/mol. The number of piperazine rings is 1. The Balaban J connectivity index is 1.47. The van der Waals surface area contributed by atoms with Crippen LogP contribution >= 0.6 is 11.3 Å². The van der Waals surface area contributed by atoms with Crippen LogP contribution in [0.5, 0.6) is 0 Å². The zero-order chi connectivity index (χ0) is 21.1. The summed E-state index contributed by atoms with van der Waals surface area (Å²) in [5.41, 5.74) is 5.28. The number of nitrogens with one attached hydrogen (secondary N) is 1. The van der Waals surface area contributed by atoms with Gasteiger partial charge in [0, 0.05) is 38.9 Å². The summed E-state index contributed by atoms with van der Waals surface area (Å²) in [6.07, 6.45) is 1.01. The van der Waals surface area contributed by atoms with Gasteiger partial charge in [-0.25, -0.2) is 4.98 Å². The van der Waals surface area contributed by atoms with Crippen LogP contribution < -0.4 is 10.2 Å². The van der Waals surface area contributed by atoms with Gasteiger partial charge in [-0.05, 0) is 42.2 Å². The second-order valence-corrected chi connectivity index (χ2v) is 9.44. The molecular weight excluding hydrogens is 390 g/mol. The maximum atomic E-state index is 9.74. The molecule has 1 N–H and O–H groups in total. The Labute approximate surface area is 183 Å².